The van der Waals surface area contributed by atoms with Gasteiger partial charge in [-0.05, 0) is 5.92 Å². The summed E-state index contributed by atoms with van der Waals surface area (Å²) in [5.41, 5.74) is 0. The molecule has 74 valence electrons. The van der Waals surface area contributed by atoms with Crippen LogP contribution < -0.4 is 5.32 Å². The summed E-state index contributed by atoms with van der Waals surface area (Å²) in [5.74, 6) is 1.80. The number of hydrogen-bond acceptors (Lipinski definition) is 4. The normalized spacial score (nSPS) is 21.8. The van der Waals surface area contributed by atoms with Crippen LogP contribution in [0.1, 0.15) is 13.8 Å². The Hall–Kier alpha value is -1.19. The molecule has 1 rings (SSSR count). The summed E-state index contributed by atoms with van der Waals surface area (Å²) in [6.45, 7) is 4.20. The number of nitrogens with one attached hydrogen (secondary N) is 1. The van der Waals surface area contributed by atoms with Gasteiger partial charge in [-0.15, -0.1) is 0 Å². The molecule has 0 unspecified atom stereocenters. The first kappa shape index (κ1) is 9.89. The second-order valence-electron chi connectivity index (χ2n) is 3.23. The van der Waals surface area contributed by atoms with Crippen molar-refractivity contribution < 1.29 is 9.47 Å². The molecule has 1 aliphatic heterocycles. The Morgan fingerprint density at radius 3 is 2.54 bits per heavy atom. The van der Waals surface area contributed by atoms with Gasteiger partial charge in [0.05, 0.1) is 20.4 Å². The monoisotopic (exact) mass is 184 g/mol. The number of rotatable bonds is 2. The van der Waals surface area contributed by atoms with Crippen LogP contribution in [0.2, 0.25) is 0 Å². The van der Waals surface area contributed by atoms with Crippen molar-refractivity contribution in [3.8, 4) is 0 Å². The van der Waals surface area contributed by atoms with Crippen LogP contribution in [0, 0.1) is 5.92 Å². The number of methoxy groups -OCH3 is 2. The number of aliphatic imine (C=N–C) groups is 1. The average Bonchev–Trinajstić information content (AvgIpc) is 2.16. The summed E-state index contributed by atoms with van der Waals surface area (Å²) in [4.78, 5) is 4.15. The molecule has 0 saturated heterocycles. The van der Waals surface area contributed by atoms with Crippen LogP contribution in [0.4, 0.5) is 0 Å². The number of ether oxygens (including phenoxy) is 2. The van der Waals surface area contributed by atoms with Gasteiger partial charge >= 0.3 is 0 Å². The molecule has 4 nitrogen and oxygen atoms in total. The Labute approximate surface area is 78.6 Å². The minimum absolute atomic E-state index is 0.102. The number of hydrogen-bond donors (Lipinski definition) is 1. The molecule has 1 atom stereocenters. The first-order valence-corrected chi connectivity index (χ1v) is 4.31. The Bertz CT molecular complexity index is 234. The molecule has 1 heterocycles. The molecule has 0 bridgehead atoms. The van der Waals surface area contributed by atoms with E-state index in [0.717, 1.165) is 0 Å². The third-order valence-electron chi connectivity index (χ3n) is 1.97. The third kappa shape index (κ3) is 2.14. The average molecular weight is 184 g/mol. The van der Waals surface area contributed by atoms with Crippen molar-refractivity contribution in [2.24, 2.45) is 10.9 Å². The van der Waals surface area contributed by atoms with Gasteiger partial charge in [-0.25, -0.2) is 4.99 Å². The van der Waals surface area contributed by atoms with E-state index < -0.39 is 0 Å². The van der Waals surface area contributed by atoms with Crippen molar-refractivity contribution >= 4 is 5.90 Å². The molecule has 0 aromatic heterocycles. The van der Waals surface area contributed by atoms with Crippen molar-refractivity contribution in [1.82, 2.24) is 5.32 Å². The van der Waals surface area contributed by atoms with Gasteiger partial charge in [0.1, 0.15) is 6.04 Å². The lowest BCUT2D eigenvalue weighted by molar-refractivity contribution is 0.234. The van der Waals surface area contributed by atoms with Crippen LogP contribution in [0.3, 0.4) is 0 Å². The summed E-state index contributed by atoms with van der Waals surface area (Å²) in [6.07, 6.45) is 1.62. The molecule has 1 N–H and O–H groups in total. The van der Waals surface area contributed by atoms with E-state index >= 15 is 0 Å². The minimum Gasteiger partial charge on any atom is -0.483 e. The molecule has 0 fully saturated rings. The van der Waals surface area contributed by atoms with Crippen molar-refractivity contribution in [3.63, 3.8) is 0 Å². The zero-order chi connectivity index (χ0) is 9.84. The third-order valence-corrected chi connectivity index (χ3v) is 1.97. The maximum atomic E-state index is 5.15. The highest BCUT2D eigenvalue weighted by atomic mass is 16.5. The fourth-order valence-corrected chi connectivity index (χ4v) is 1.20. The molecule has 0 saturated carbocycles. The topological polar surface area (TPSA) is 42.9 Å². The van der Waals surface area contributed by atoms with Gasteiger partial charge in [0.15, 0.2) is 0 Å². The molecule has 1 aliphatic rings. The van der Waals surface area contributed by atoms with Crippen LogP contribution in [0.15, 0.2) is 17.1 Å². The lowest BCUT2D eigenvalue weighted by Gasteiger charge is -2.26. The van der Waals surface area contributed by atoms with E-state index in [0.29, 0.717) is 17.7 Å². The van der Waals surface area contributed by atoms with Crippen molar-refractivity contribution in [2.45, 2.75) is 19.9 Å². The highest BCUT2D eigenvalue weighted by molar-refractivity contribution is 5.83. The van der Waals surface area contributed by atoms with Gasteiger partial charge in [0.2, 0.25) is 11.8 Å². The fraction of sp³-hybridized carbons (Fsp3) is 0.667. The smallest absolute Gasteiger partial charge is 0.211 e. The van der Waals surface area contributed by atoms with E-state index in [2.05, 4.69) is 24.2 Å². The lowest BCUT2D eigenvalue weighted by atomic mass is 10.0. The predicted octanol–water partition coefficient (Wildman–Crippen LogP) is 1.10. The molecule has 0 aromatic carbocycles. The van der Waals surface area contributed by atoms with E-state index in [9.17, 15) is 0 Å². The Morgan fingerprint density at radius 2 is 2.08 bits per heavy atom. The standard InChI is InChI=1S/C9H16N2O2/c1-6(2)8-9(13-4)10-5-7(11-8)12-3/h5-6,8,11H,1-4H3/t8-/m1/s1. The first-order chi connectivity index (χ1) is 6.19. The van der Waals surface area contributed by atoms with Crippen LogP contribution in [-0.2, 0) is 9.47 Å². The molecule has 13 heavy (non-hydrogen) atoms. The van der Waals surface area contributed by atoms with E-state index in [1.54, 1.807) is 20.4 Å². The Balaban J connectivity index is 2.77. The summed E-state index contributed by atoms with van der Waals surface area (Å²) in [5, 5.41) is 3.19. The molecular formula is C9H16N2O2. The van der Waals surface area contributed by atoms with Gasteiger partial charge in [0, 0.05) is 0 Å². The van der Waals surface area contributed by atoms with Crippen LogP contribution >= 0.6 is 0 Å². The number of nitrogens with zero attached hydrogens (tertiary/aromatic N) is 1. The van der Waals surface area contributed by atoms with Crippen molar-refractivity contribution in [1.29, 1.82) is 0 Å². The summed E-state index contributed by atoms with van der Waals surface area (Å²) in [7, 11) is 3.24. The van der Waals surface area contributed by atoms with Crippen LogP contribution in [0.25, 0.3) is 0 Å². The maximum Gasteiger partial charge on any atom is 0.211 e. The van der Waals surface area contributed by atoms with Crippen LogP contribution in [0.5, 0.6) is 0 Å². The molecule has 0 amide bonds. The predicted molar refractivity (Wildman–Crippen MR) is 51.3 cm³/mol. The molecule has 0 spiro atoms. The molecule has 0 aromatic rings. The van der Waals surface area contributed by atoms with E-state index in [-0.39, 0.29) is 6.04 Å². The van der Waals surface area contributed by atoms with Crippen LogP contribution in [-0.4, -0.2) is 26.2 Å². The quantitative estimate of drug-likeness (QED) is 0.699. The first-order valence-electron chi connectivity index (χ1n) is 4.31. The van der Waals surface area contributed by atoms with E-state index in [1.165, 1.54) is 0 Å². The zero-order valence-corrected chi connectivity index (χ0v) is 8.50. The second-order valence-corrected chi connectivity index (χ2v) is 3.23. The van der Waals surface area contributed by atoms with Gasteiger partial charge in [0.25, 0.3) is 0 Å². The molecular weight excluding hydrogens is 168 g/mol. The highest BCUT2D eigenvalue weighted by Crippen LogP contribution is 2.12. The summed E-state index contributed by atoms with van der Waals surface area (Å²) >= 11 is 0. The van der Waals surface area contributed by atoms with Gasteiger partial charge in [-0.3, -0.25) is 0 Å². The summed E-state index contributed by atoms with van der Waals surface area (Å²) < 4.78 is 10.2. The SMILES string of the molecule is COC1=CN=C(OC)[C@@H](C(C)C)N1. The van der Waals surface area contributed by atoms with E-state index in [1.807, 2.05) is 0 Å². The molecule has 4 heteroatoms. The van der Waals surface area contributed by atoms with Gasteiger partial charge in [-0.2, -0.15) is 0 Å². The largest absolute Gasteiger partial charge is 0.483 e. The highest BCUT2D eigenvalue weighted by Gasteiger charge is 2.24. The second kappa shape index (κ2) is 4.16. The van der Waals surface area contributed by atoms with E-state index in [4.69, 9.17) is 9.47 Å². The molecule has 0 aliphatic carbocycles. The Morgan fingerprint density at radius 1 is 1.38 bits per heavy atom. The van der Waals surface area contributed by atoms with Crippen molar-refractivity contribution in [3.05, 3.63) is 12.1 Å². The van der Waals surface area contributed by atoms with Crippen molar-refractivity contribution in [2.75, 3.05) is 14.2 Å². The minimum atomic E-state index is 0.102. The zero-order valence-electron chi connectivity index (χ0n) is 8.50. The fourth-order valence-electron chi connectivity index (χ4n) is 1.20. The lowest BCUT2D eigenvalue weighted by Crippen LogP contribution is -2.43. The summed E-state index contributed by atoms with van der Waals surface area (Å²) in [6, 6.07) is 0.102. The maximum absolute atomic E-state index is 5.15. The van der Waals surface area contributed by atoms with Gasteiger partial charge in [-0.1, -0.05) is 13.8 Å². The van der Waals surface area contributed by atoms with Gasteiger partial charge < -0.3 is 14.8 Å². The molecule has 0 radical (unpaired) electrons. The Kier molecular flexibility index (Phi) is 3.17.